The van der Waals surface area contributed by atoms with Crippen molar-refractivity contribution in [2.24, 2.45) is 0 Å². The second kappa shape index (κ2) is 5.74. The van der Waals surface area contributed by atoms with Crippen LogP contribution >= 0.6 is 0 Å². The molecule has 0 bridgehead atoms. The molecule has 0 saturated carbocycles. The largest absolute Gasteiger partial charge is 0.360 e. The standard InChI is InChI=1S/C15H23N/c1-6-12-9-14(16-11(4)5)10-13(7-2)15(12)8-3/h9-10,16H,4,6-8H2,1-3,5H3. The molecule has 1 N–H and O–H groups in total. The fraction of sp³-hybridized carbons (Fsp3) is 0.467. The lowest BCUT2D eigenvalue weighted by Gasteiger charge is -2.15. The van der Waals surface area contributed by atoms with Gasteiger partial charge in [-0.05, 0) is 55.0 Å². The van der Waals surface area contributed by atoms with Crippen LogP contribution in [0.1, 0.15) is 44.4 Å². The Morgan fingerprint density at radius 2 is 1.56 bits per heavy atom. The number of anilines is 1. The van der Waals surface area contributed by atoms with Gasteiger partial charge >= 0.3 is 0 Å². The monoisotopic (exact) mass is 217 g/mol. The number of aryl methyl sites for hydroxylation is 2. The Morgan fingerprint density at radius 1 is 1.06 bits per heavy atom. The van der Waals surface area contributed by atoms with E-state index < -0.39 is 0 Å². The first kappa shape index (κ1) is 12.8. The van der Waals surface area contributed by atoms with E-state index in [-0.39, 0.29) is 0 Å². The Bertz CT molecular complexity index is 352. The van der Waals surface area contributed by atoms with Gasteiger partial charge in [-0.1, -0.05) is 27.4 Å². The van der Waals surface area contributed by atoms with E-state index in [9.17, 15) is 0 Å². The molecule has 0 aliphatic carbocycles. The topological polar surface area (TPSA) is 12.0 Å². The van der Waals surface area contributed by atoms with Crippen molar-refractivity contribution in [2.75, 3.05) is 5.32 Å². The van der Waals surface area contributed by atoms with E-state index in [0.717, 1.165) is 25.0 Å². The van der Waals surface area contributed by atoms with Gasteiger partial charge in [-0.3, -0.25) is 0 Å². The summed E-state index contributed by atoms with van der Waals surface area (Å²) in [6.45, 7) is 12.6. The molecule has 0 spiro atoms. The highest BCUT2D eigenvalue weighted by Crippen LogP contribution is 2.23. The number of hydrogen-bond acceptors (Lipinski definition) is 1. The van der Waals surface area contributed by atoms with E-state index >= 15 is 0 Å². The summed E-state index contributed by atoms with van der Waals surface area (Å²) in [6.07, 6.45) is 3.32. The molecule has 1 rings (SSSR count). The molecular formula is C15H23N. The molecular weight excluding hydrogens is 194 g/mol. The van der Waals surface area contributed by atoms with Gasteiger partial charge in [0.1, 0.15) is 0 Å². The number of allylic oxidation sites excluding steroid dienone is 1. The Morgan fingerprint density at radius 3 is 1.88 bits per heavy atom. The molecule has 0 radical (unpaired) electrons. The van der Waals surface area contributed by atoms with Gasteiger partial charge in [-0.15, -0.1) is 0 Å². The molecule has 1 heteroatoms. The second-order valence-corrected chi connectivity index (χ2v) is 4.24. The quantitative estimate of drug-likeness (QED) is 0.774. The summed E-state index contributed by atoms with van der Waals surface area (Å²) in [5, 5.41) is 3.31. The average Bonchev–Trinajstić information content (AvgIpc) is 2.26. The Hall–Kier alpha value is -1.24. The van der Waals surface area contributed by atoms with Gasteiger partial charge in [-0.25, -0.2) is 0 Å². The summed E-state index contributed by atoms with van der Waals surface area (Å²) in [4.78, 5) is 0. The van der Waals surface area contributed by atoms with E-state index in [1.807, 2.05) is 6.92 Å². The fourth-order valence-corrected chi connectivity index (χ4v) is 2.20. The lowest BCUT2D eigenvalue weighted by molar-refractivity contribution is 0.981. The van der Waals surface area contributed by atoms with Gasteiger partial charge in [0.25, 0.3) is 0 Å². The van der Waals surface area contributed by atoms with Crippen LogP contribution in [-0.2, 0) is 19.3 Å². The van der Waals surface area contributed by atoms with Gasteiger partial charge in [0.05, 0.1) is 0 Å². The van der Waals surface area contributed by atoms with Crippen LogP contribution in [0.3, 0.4) is 0 Å². The van der Waals surface area contributed by atoms with Crippen LogP contribution in [0, 0.1) is 0 Å². The van der Waals surface area contributed by atoms with Crippen LogP contribution in [0.2, 0.25) is 0 Å². The smallest absolute Gasteiger partial charge is 0.0387 e. The van der Waals surface area contributed by atoms with Crippen molar-refractivity contribution < 1.29 is 0 Å². The molecule has 88 valence electrons. The van der Waals surface area contributed by atoms with E-state index in [1.165, 1.54) is 22.4 Å². The van der Waals surface area contributed by atoms with Crippen molar-refractivity contribution in [2.45, 2.75) is 47.0 Å². The van der Waals surface area contributed by atoms with Crippen LogP contribution in [0.25, 0.3) is 0 Å². The maximum atomic E-state index is 3.89. The predicted molar refractivity (Wildman–Crippen MR) is 73.0 cm³/mol. The first-order valence-electron chi connectivity index (χ1n) is 6.19. The molecule has 0 fully saturated rings. The molecule has 0 amide bonds. The Balaban J connectivity index is 3.20. The summed E-state index contributed by atoms with van der Waals surface area (Å²) in [6, 6.07) is 4.51. The van der Waals surface area contributed by atoms with Crippen molar-refractivity contribution in [3.05, 3.63) is 41.1 Å². The van der Waals surface area contributed by atoms with Gasteiger partial charge in [0.2, 0.25) is 0 Å². The van der Waals surface area contributed by atoms with Crippen molar-refractivity contribution in [3.8, 4) is 0 Å². The van der Waals surface area contributed by atoms with Crippen LogP contribution in [-0.4, -0.2) is 0 Å². The molecule has 1 aromatic rings. The van der Waals surface area contributed by atoms with Crippen LogP contribution in [0.5, 0.6) is 0 Å². The average molecular weight is 217 g/mol. The van der Waals surface area contributed by atoms with E-state index in [2.05, 4.69) is 44.8 Å². The molecule has 0 heterocycles. The molecule has 0 atom stereocenters. The lowest BCUT2D eigenvalue weighted by atomic mass is 9.94. The molecule has 1 aromatic carbocycles. The minimum atomic E-state index is 0.994. The van der Waals surface area contributed by atoms with Crippen LogP contribution in [0.4, 0.5) is 5.69 Å². The zero-order chi connectivity index (χ0) is 12.1. The molecule has 0 aliphatic rings. The summed E-state index contributed by atoms with van der Waals surface area (Å²) in [5.41, 5.74) is 6.63. The van der Waals surface area contributed by atoms with Crippen LogP contribution in [0.15, 0.2) is 24.4 Å². The normalized spacial score (nSPS) is 10.2. The maximum absolute atomic E-state index is 3.89. The predicted octanol–water partition coefficient (Wildman–Crippen LogP) is 4.32. The summed E-state index contributed by atoms with van der Waals surface area (Å²) in [7, 11) is 0. The van der Waals surface area contributed by atoms with Crippen molar-refractivity contribution in [1.82, 2.24) is 0 Å². The number of rotatable bonds is 5. The third-order valence-electron chi connectivity index (χ3n) is 2.91. The number of hydrogen-bond donors (Lipinski definition) is 1. The lowest BCUT2D eigenvalue weighted by Crippen LogP contribution is -2.02. The van der Waals surface area contributed by atoms with Crippen molar-refractivity contribution in [1.29, 1.82) is 0 Å². The SMILES string of the molecule is C=C(C)Nc1cc(CC)c(CC)c(CC)c1. The third-order valence-corrected chi connectivity index (χ3v) is 2.91. The van der Waals surface area contributed by atoms with Crippen LogP contribution < -0.4 is 5.32 Å². The minimum absolute atomic E-state index is 0.994. The van der Waals surface area contributed by atoms with Gasteiger partial charge < -0.3 is 5.32 Å². The molecule has 16 heavy (non-hydrogen) atoms. The number of benzene rings is 1. The third kappa shape index (κ3) is 2.88. The highest BCUT2D eigenvalue weighted by molar-refractivity contribution is 5.55. The molecule has 0 saturated heterocycles. The summed E-state index contributed by atoms with van der Waals surface area (Å²) in [5.74, 6) is 0. The first-order valence-corrected chi connectivity index (χ1v) is 6.19. The van der Waals surface area contributed by atoms with E-state index in [4.69, 9.17) is 0 Å². The van der Waals surface area contributed by atoms with E-state index in [1.54, 1.807) is 0 Å². The van der Waals surface area contributed by atoms with E-state index in [0.29, 0.717) is 0 Å². The highest BCUT2D eigenvalue weighted by Gasteiger charge is 2.07. The number of nitrogens with one attached hydrogen (secondary N) is 1. The van der Waals surface area contributed by atoms with Gasteiger partial charge in [-0.2, -0.15) is 0 Å². The minimum Gasteiger partial charge on any atom is -0.360 e. The first-order chi connectivity index (χ1) is 7.62. The molecule has 0 aromatic heterocycles. The molecule has 1 nitrogen and oxygen atoms in total. The van der Waals surface area contributed by atoms with Crippen molar-refractivity contribution >= 4 is 5.69 Å². The second-order valence-electron chi connectivity index (χ2n) is 4.24. The fourth-order valence-electron chi connectivity index (χ4n) is 2.20. The molecule has 0 aliphatic heterocycles. The zero-order valence-corrected chi connectivity index (χ0v) is 11.0. The van der Waals surface area contributed by atoms with Gasteiger partial charge in [0.15, 0.2) is 0 Å². The summed E-state index contributed by atoms with van der Waals surface area (Å²) < 4.78 is 0. The molecule has 0 unspecified atom stereocenters. The highest BCUT2D eigenvalue weighted by atomic mass is 14.9. The Labute approximate surface area is 99.6 Å². The van der Waals surface area contributed by atoms with Gasteiger partial charge in [0, 0.05) is 11.4 Å². The Kier molecular flexibility index (Phi) is 4.60. The van der Waals surface area contributed by atoms with Crippen molar-refractivity contribution in [3.63, 3.8) is 0 Å². The summed E-state index contributed by atoms with van der Waals surface area (Å²) >= 11 is 0. The maximum Gasteiger partial charge on any atom is 0.0387 e. The zero-order valence-electron chi connectivity index (χ0n) is 11.0.